The van der Waals surface area contributed by atoms with Gasteiger partial charge in [-0.1, -0.05) is 20.8 Å². The Labute approximate surface area is 68.8 Å². The summed E-state index contributed by atoms with van der Waals surface area (Å²) in [4.78, 5) is 2.19. The highest BCUT2D eigenvalue weighted by atomic mass is 15.2. The quantitative estimate of drug-likeness (QED) is 0.532. The summed E-state index contributed by atoms with van der Waals surface area (Å²) in [5.74, 6) is 0.788. The van der Waals surface area contributed by atoms with Crippen LogP contribution in [0, 0.1) is 22.7 Å². The minimum absolute atomic E-state index is 0.423. The predicted octanol–water partition coefficient (Wildman–Crippen LogP) is 1.49. The molecule has 0 aromatic heterocycles. The smallest absolute Gasteiger partial charge is 0.0866 e. The van der Waals surface area contributed by atoms with Crippen molar-refractivity contribution in [2.24, 2.45) is 11.3 Å². The van der Waals surface area contributed by atoms with Gasteiger partial charge in [-0.15, -0.1) is 0 Å². The maximum atomic E-state index is 8.40. The lowest BCUT2D eigenvalue weighted by Gasteiger charge is -2.45. The molecule has 0 radical (unpaired) electrons. The molecule has 62 valence electrons. The van der Waals surface area contributed by atoms with Gasteiger partial charge in [0.1, 0.15) is 0 Å². The lowest BCUT2D eigenvalue weighted by molar-refractivity contribution is 0.0353. The summed E-state index contributed by atoms with van der Waals surface area (Å²) in [6.07, 6.45) is 0. The van der Waals surface area contributed by atoms with Crippen molar-refractivity contribution in [2.75, 3.05) is 19.6 Å². The van der Waals surface area contributed by atoms with Crippen molar-refractivity contribution in [1.82, 2.24) is 4.90 Å². The second-order valence-electron chi connectivity index (χ2n) is 4.42. The van der Waals surface area contributed by atoms with Crippen molar-refractivity contribution in [2.45, 2.75) is 20.8 Å². The monoisotopic (exact) mass is 152 g/mol. The Morgan fingerprint density at radius 3 is 2.36 bits per heavy atom. The molecule has 11 heavy (non-hydrogen) atoms. The van der Waals surface area contributed by atoms with E-state index in [0.717, 1.165) is 19.0 Å². The maximum Gasteiger partial charge on any atom is 0.0866 e. The van der Waals surface area contributed by atoms with Gasteiger partial charge in [-0.2, -0.15) is 5.26 Å². The van der Waals surface area contributed by atoms with Gasteiger partial charge in [0.2, 0.25) is 0 Å². The number of hydrogen-bond donors (Lipinski definition) is 0. The molecule has 1 rings (SSSR count). The molecule has 0 amide bonds. The van der Waals surface area contributed by atoms with E-state index in [2.05, 4.69) is 31.7 Å². The second kappa shape index (κ2) is 2.83. The molecule has 0 bridgehead atoms. The Bertz CT molecular complexity index is 167. The molecule has 2 nitrogen and oxygen atoms in total. The van der Waals surface area contributed by atoms with Gasteiger partial charge < -0.3 is 0 Å². The molecule has 2 heteroatoms. The minimum Gasteiger partial charge on any atom is -0.290 e. The van der Waals surface area contributed by atoms with Crippen LogP contribution in [0.4, 0.5) is 0 Å². The van der Waals surface area contributed by atoms with Crippen molar-refractivity contribution in [1.29, 1.82) is 5.26 Å². The molecule has 1 heterocycles. The molecular formula is C9H16N2. The average Bonchev–Trinajstić information content (AvgIpc) is 1.74. The Morgan fingerprint density at radius 1 is 1.45 bits per heavy atom. The molecule has 0 aliphatic carbocycles. The summed E-state index contributed by atoms with van der Waals surface area (Å²) in [6.45, 7) is 9.62. The first-order valence-electron chi connectivity index (χ1n) is 4.13. The summed E-state index contributed by atoms with van der Waals surface area (Å²) in [6, 6.07) is 2.17. The molecule has 1 aliphatic rings. The van der Waals surface area contributed by atoms with Crippen LogP contribution in [0.15, 0.2) is 0 Å². The molecule has 0 spiro atoms. The largest absolute Gasteiger partial charge is 0.290 e. The van der Waals surface area contributed by atoms with E-state index in [1.165, 1.54) is 0 Å². The van der Waals surface area contributed by atoms with Crippen LogP contribution in [0.2, 0.25) is 0 Å². The normalized spacial score (nSPS) is 20.9. The summed E-state index contributed by atoms with van der Waals surface area (Å²) in [7, 11) is 0. The number of hydrogen-bond acceptors (Lipinski definition) is 2. The van der Waals surface area contributed by atoms with Gasteiger partial charge in [0.05, 0.1) is 12.6 Å². The van der Waals surface area contributed by atoms with Crippen molar-refractivity contribution < 1.29 is 0 Å². The van der Waals surface area contributed by atoms with Crippen LogP contribution >= 0.6 is 0 Å². The molecule has 1 fully saturated rings. The molecule has 1 aliphatic heterocycles. The molecule has 0 aromatic carbocycles. The maximum absolute atomic E-state index is 8.40. The van der Waals surface area contributed by atoms with E-state index < -0.39 is 0 Å². The highest BCUT2D eigenvalue weighted by Gasteiger charge is 2.35. The number of likely N-dealkylation sites (tertiary alicyclic amines) is 1. The zero-order valence-electron chi connectivity index (χ0n) is 7.59. The second-order valence-corrected chi connectivity index (χ2v) is 4.42. The lowest BCUT2D eigenvalue weighted by atomic mass is 9.76. The fourth-order valence-corrected chi connectivity index (χ4v) is 1.35. The van der Waals surface area contributed by atoms with Crippen molar-refractivity contribution in [3.05, 3.63) is 0 Å². The number of nitrogens with zero attached hydrogens (tertiary/aromatic N) is 2. The topological polar surface area (TPSA) is 27.0 Å². The van der Waals surface area contributed by atoms with Crippen LogP contribution in [0.1, 0.15) is 20.8 Å². The van der Waals surface area contributed by atoms with Crippen LogP contribution in [0.25, 0.3) is 0 Å². The Hall–Kier alpha value is -0.550. The third-order valence-corrected chi connectivity index (χ3v) is 2.48. The van der Waals surface area contributed by atoms with Crippen LogP contribution in [-0.2, 0) is 0 Å². The van der Waals surface area contributed by atoms with Gasteiger partial charge >= 0.3 is 0 Å². The van der Waals surface area contributed by atoms with E-state index in [1.807, 2.05) is 0 Å². The third kappa shape index (κ3) is 1.94. The fraction of sp³-hybridized carbons (Fsp3) is 0.889. The van der Waals surface area contributed by atoms with Crippen LogP contribution in [0.3, 0.4) is 0 Å². The Kier molecular flexibility index (Phi) is 2.20. The molecule has 1 saturated heterocycles. The van der Waals surface area contributed by atoms with E-state index in [0.29, 0.717) is 12.0 Å². The number of rotatable bonds is 1. The highest BCUT2D eigenvalue weighted by Crippen LogP contribution is 2.32. The van der Waals surface area contributed by atoms with Crippen LogP contribution in [0.5, 0.6) is 0 Å². The van der Waals surface area contributed by atoms with E-state index >= 15 is 0 Å². The highest BCUT2D eigenvalue weighted by molar-refractivity contribution is 4.91. The first-order chi connectivity index (χ1) is 5.04. The van der Waals surface area contributed by atoms with Gasteiger partial charge in [-0.25, -0.2) is 0 Å². The van der Waals surface area contributed by atoms with Gasteiger partial charge in [0.25, 0.3) is 0 Å². The predicted molar refractivity (Wildman–Crippen MR) is 45.0 cm³/mol. The van der Waals surface area contributed by atoms with Gasteiger partial charge in [0.15, 0.2) is 0 Å². The fourth-order valence-electron chi connectivity index (χ4n) is 1.35. The van der Waals surface area contributed by atoms with Gasteiger partial charge in [-0.05, 0) is 11.3 Å². The van der Waals surface area contributed by atoms with Gasteiger partial charge in [0, 0.05) is 13.1 Å². The molecule has 0 aromatic rings. The SMILES string of the molecule is CC(C)(C)C1CN(CC#N)C1. The first kappa shape index (κ1) is 8.55. The molecular weight excluding hydrogens is 136 g/mol. The van der Waals surface area contributed by atoms with E-state index in [4.69, 9.17) is 5.26 Å². The Balaban J connectivity index is 2.25. The zero-order chi connectivity index (χ0) is 8.48. The zero-order valence-corrected chi connectivity index (χ0v) is 7.59. The first-order valence-corrected chi connectivity index (χ1v) is 4.13. The molecule has 0 saturated carbocycles. The van der Waals surface area contributed by atoms with Crippen molar-refractivity contribution in [3.63, 3.8) is 0 Å². The molecule has 0 unspecified atom stereocenters. The van der Waals surface area contributed by atoms with E-state index in [1.54, 1.807) is 0 Å². The lowest BCUT2D eigenvalue weighted by Crippen LogP contribution is -2.51. The average molecular weight is 152 g/mol. The van der Waals surface area contributed by atoms with E-state index in [-0.39, 0.29) is 0 Å². The third-order valence-electron chi connectivity index (χ3n) is 2.48. The van der Waals surface area contributed by atoms with Crippen molar-refractivity contribution >= 4 is 0 Å². The number of nitriles is 1. The van der Waals surface area contributed by atoms with Gasteiger partial charge in [-0.3, -0.25) is 4.90 Å². The van der Waals surface area contributed by atoms with E-state index in [9.17, 15) is 0 Å². The van der Waals surface area contributed by atoms with Crippen molar-refractivity contribution in [3.8, 4) is 6.07 Å². The summed E-state index contributed by atoms with van der Waals surface area (Å²) in [5, 5.41) is 8.40. The van der Waals surface area contributed by atoms with Crippen LogP contribution in [-0.4, -0.2) is 24.5 Å². The minimum atomic E-state index is 0.423. The summed E-state index contributed by atoms with van der Waals surface area (Å²) in [5.41, 5.74) is 0.423. The molecule has 0 atom stereocenters. The van der Waals surface area contributed by atoms with Crippen LogP contribution < -0.4 is 0 Å². The Morgan fingerprint density at radius 2 is 2.00 bits per heavy atom. The summed E-state index contributed by atoms with van der Waals surface area (Å²) < 4.78 is 0. The molecule has 0 N–H and O–H groups in total. The summed E-state index contributed by atoms with van der Waals surface area (Å²) >= 11 is 0. The standard InChI is InChI=1S/C9H16N2/c1-9(2,3)8-6-11(7-8)5-4-10/h8H,5-7H2,1-3H3.